The molecule has 0 saturated carbocycles. The van der Waals surface area contributed by atoms with Crippen molar-refractivity contribution in [1.82, 2.24) is 19.7 Å². The van der Waals surface area contributed by atoms with Crippen LogP contribution in [0, 0.1) is 0 Å². The van der Waals surface area contributed by atoms with Gasteiger partial charge in [-0.25, -0.2) is 14.1 Å². The molecule has 5 rings (SSSR count). The molecule has 2 aliphatic rings. The van der Waals surface area contributed by atoms with E-state index in [0.29, 0.717) is 22.2 Å². The van der Waals surface area contributed by atoms with Gasteiger partial charge in [0.2, 0.25) is 6.17 Å². The number of hydrogen-bond donors (Lipinski definition) is 1. The first kappa shape index (κ1) is 36.3. The van der Waals surface area contributed by atoms with E-state index >= 15 is 4.39 Å². The maximum atomic E-state index is 15.0. The van der Waals surface area contributed by atoms with E-state index in [2.05, 4.69) is 15.4 Å². The first-order valence-electron chi connectivity index (χ1n) is 15.2. The minimum atomic E-state index is -5.04. The highest BCUT2D eigenvalue weighted by Gasteiger charge is 2.44. The van der Waals surface area contributed by atoms with Gasteiger partial charge in [-0.1, -0.05) is 12.1 Å². The van der Waals surface area contributed by atoms with Gasteiger partial charge in [-0.05, 0) is 30.7 Å². The summed E-state index contributed by atoms with van der Waals surface area (Å²) in [5.41, 5.74) is -4.04. The van der Waals surface area contributed by atoms with E-state index in [1.807, 2.05) is 0 Å². The van der Waals surface area contributed by atoms with Crippen LogP contribution in [0.5, 0.6) is 5.75 Å². The lowest BCUT2D eigenvalue weighted by molar-refractivity contribution is -0.141. The van der Waals surface area contributed by atoms with Crippen LogP contribution in [-0.4, -0.2) is 96.7 Å². The predicted molar refractivity (Wildman–Crippen MR) is 165 cm³/mol. The highest BCUT2D eigenvalue weighted by Crippen LogP contribution is 2.39. The third kappa shape index (κ3) is 7.61. The number of halogens is 7. The summed E-state index contributed by atoms with van der Waals surface area (Å²) >= 11 is 0. The molecular weight excluding hydrogens is 683 g/mol. The van der Waals surface area contributed by atoms with Crippen LogP contribution in [0.3, 0.4) is 0 Å². The molecule has 270 valence electrons. The van der Waals surface area contributed by atoms with Crippen LogP contribution in [0.1, 0.15) is 23.6 Å². The topological polar surface area (TPSA) is 122 Å². The molecule has 4 heterocycles. The lowest BCUT2D eigenvalue weighted by atomic mass is 10.0. The van der Waals surface area contributed by atoms with Crippen LogP contribution >= 0.6 is 0 Å². The average Bonchev–Trinajstić information content (AvgIpc) is 3.06. The molecule has 50 heavy (non-hydrogen) atoms. The smallest absolute Gasteiger partial charge is 0.423 e. The third-order valence-corrected chi connectivity index (χ3v) is 8.24. The molecule has 1 aromatic carbocycles. The lowest BCUT2D eigenvalue weighted by Gasteiger charge is -2.46. The summed E-state index contributed by atoms with van der Waals surface area (Å²) in [5.74, 6) is -0.965. The number of pyridine rings is 1. The number of alkyl halides is 7. The number of hydrogen-bond acceptors (Lipinski definition) is 9. The molecule has 2 aliphatic heterocycles. The van der Waals surface area contributed by atoms with E-state index in [-0.39, 0.29) is 44.3 Å². The van der Waals surface area contributed by atoms with E-state index in [1.54, 1.807) is 24.3 Å². The van der Waals surface area contributed by atoms with Gasteiger partial charge in [0, 0.05) is 32.4 Å². The number of carbonyl (C=O) groups is 2. The maximum absolute atomic E-state index is 15.0. The van der Waals surface area contributed by atoms with Crippen LogP contribution in [0.4, 0.5) is 47.9 Å². The van der Waals surface area contributed by atoms with Gasteiger partial charge in [0.15, 0.2) is 5.82 Å². The zero-order chi connectivity index (χ0) is 36.5. The summed E-state index contributed by atoms with van der Waals surface area (Å²) in [7, 11) is 2.74. The van der Waals surface area contributed by atoms with Crippen molar-refractivity contribution in [3.8, 4) is 5.75 Å². The number of anilines is 3. The Kier molecular flexibility index (Phi) is 10.3. The lowest BCUT2D eigenvalue weighted by Crippen LogP contribution is -2.64. The number of carbonyl (C=O) groups excluding carboxylic acids is 2. The molecule has 1 N–H and O–H groups in total. The van der Waals surface area contributed by atoms with Gasteiger partial charge in [-0.3, -0.25) is 14.4 Å². The number of nitrogens with one attached hydrogen (secondary N) is 1. The molecule has 3 atom stereocenters. The number of methoxy groups -OCH3 is 1. The monoisotopic (exact) mass is 715 g/mol. The van der Waals surface area contributed by atoms with Gasteiger partial charge in [-0.15, -0.1) is 0 Å². The number of benzene rings is 1. The molecule has 2 unspecified atom stereocenters. The Balaban J connectivity index is 1.17. The van der Waals surface area contributed by atoms with Crippen LogP contribution in [-0.2, 0) is 33.2 Å². The van der Waals surface area contributed by atoms with E-state index < -0.39 is 71.4 Å². The number of ether oxygens (including phenoxy) is 2. The normalized spacial score (nSPS) is 17.6. The van der Waals surface area contributed by atoms with Crippen molar-refractivity contribution in [2.75, 3.05) is 62.1 Å². The van der Waals surface area contributed by atoms with Crippen molar-refractivity contribution < 1.29 is 49.8 Å². The van der Waals surface area contributed by atoms with Crippen LogP contribution in [0.2, 0.25) is 0 Å². The van der Waals surface area contributed by atoms with Crippen LogP contribution in [0.15, 0.2) is 47.5 Å². The molecule has 0 bridgehead atoms. The van der Waals surface area contributed by atoms with E-state index in [9.17, 15) is 40.7 Å². The number of fused-ring (bicyclic) bond motifs is 3. The number of aromatic nitrogens is 3. The number of nitrogens with zero attached hydrogens (tertiary/aromatic N) is 6. The van der Waals surface area contributed by atoms with Crippen molar-refractivity contribution in [2.24, 2.45) is 0 Å². The van der Waals surface area contributed by atoms with E-state index in [1.165, 1.54) is 26.0 Å². The fourth-order valence-electron chi connectivity index (χ4n) is 5.67. The predicted octanol–water partition coefficient (Wildman–Crippen LogP) is 3.58. The van der Waals surface area contributed by atoms with Crippen molar-refractivity contribution in [2.45, 2.75) is 44.1 Å². The fraction of sp³-hybridized carbons (Fsp3) is 0.452. The second kappa shape index (κ2) is 14.1. The standard InChI is InChI=1S/C31H32F7N7O5/c1-17(41-22-12-40-45(29(48)25(22)31(36,37)38)13-18-4-6-20(49-3)7-5-18)15-50-16-21(32)27(46)43-8-9-44-24(14-43)28(47)42(2)23-10-19(30(33,34)35)11-39-26(23)44/h4-7,10-12,17,21,24,41H,8-9,13-16H2,1-3H3/t17?,21?,24-/m0/s1. The summed E-state index contributed by atoms with van der Waals surface area (Å²) in [4.78, 5) is 46.3. The summed E-state index contributed by atoms with van der Waals surface area (Å²) < 4.78 is 108. The SMILES string of the molecule is COc1ccc(Cn2ncc(NC(C)COCC(F)C(=O)N3CCN4c5ncc(C(F)(F)F)cc5N(C)C(=O)[C@@H]4C3)c(C(F)(F)F)c2=O)cc1. The fourth-order valence-corrected chi connectivity index (χ4v) is 5.67. The molecule has 12 nitrogen and oxygen atoms in total. The van der Waals surface area contributed by atoms with Crippen LogP contribution < -0.4 is 25.4 Å². The van der Waals surface area contributed by atoms with Gasteiger partial charge >= 0.3 is 12.4 Å². The Morgan fingerprint density at radius 1 is 1.04 bits per heavy atom. The number of amides is 2. The maximum Gasteiger partial charge on any atom is 0.423 e. The van der Waals surface area contributed by atoms with Crippen LogP contribution in [0.25, 0.3) is 0 Å². The Morgan fingerprint density at radius 2 is 1.74 bits per heavy atom. The molecule has 3 aromatic rings. The van der Waals surface area contributed by atoms with Crippen molar-refractivity contribution in [1.29, 1.82) is 0 Å². The number of rotatable bonds is 10. The second-order valence-corrected chi connectivity index (χ2v) is 11.7. The van der Waals surface area contributed by atoms with Crippen molar-refractivity contribution in [3.05, 3.63) is 69.8 Å². The minimum absolute atomic E-state index is 0.00959. The minimum Gasteiger partial charge on any atom is -0.497 e. The van der Waals surface area contributed by atoms with Gasteiger partial charge in [-0.2, -0.15) is 31.4 Å². The number of likely N-dealkylation sites (N-methyl/N-ethyl adjacent to an activating group) is 1. The van der Waals surface area contributed by atoms with Gasteiger partial charge in [0.05, 0.1) is 56.5 Å². The van der Waals surface area contributed by atoms with Gasteiger partial charge in [0.1, 0.15) is 17.4 Å². The Morgan fingerprint density at radius 3 is 2.38 bits per heavy atom. The first-order valence-corrected chi connectivity index (χ1v) is 15.2. The Hall–Kier alpha value is -4.94. The second-order valence-electron chi connectivity index (χ2n) is 11.7. The zero-order valence-corrected chi connectivity index (χ0v) is 26.9. The molecule has 1 fully saturated rings. The average molecular weight is 716 g/mol. The summed E-state index contributed by atoms with van der Waals surface area (Å²) in [6.45, 7) is -0.269. The molecule has 0 radical (unpaired) electrons. The van der Waals surface area contributed by atoms with Gasteiger partial charge < -0.3 is 29.5 Å². The van der Waals surface area contributed by atoms with E-state index in [4.69, 9.17) is 9.47 Å². The molecule has 0 spiro atoms. The Bertz CT molecular complexity index is 1790. The molecule has 2 amide bonds. The van der Waals surface area contributed by atoms with Crippen molar-refractivity contribution >= 4 is 29.0 Å². The first-order chi connectivity index (χ1) is 23.5. The molecule has 1 saturated heterocycles. The highest BCUT2D eigenvalue weighted by molar-refractivity contribution is 6.05. The Labute approximate surface area is 280 Å². The molecule has 0 aliphatic carbocycles. The molecular formula is C31H32F7N7O5. The van der Waals surface area contributed by atoms with E-state index in [0.717, 1.165) is 22.1 Å². The quantitative estimate of drug-likeness (QED) is 0.314. The largest absolute Gasteiger partial charge is 0.497 e. The molecule has 19 heteroatoms. The highest BCUT2D eigenvalue weighted by atomic mass is 19.4. The van der Waals surface area contributed by atoms with Gasteiger partial charge in [0.25, 0.3) is 17.4 Å². The number of piperazine rings is 1. The summed E-state index contributed by atoms with van der Waals surface area (Å²) in [5, 5.41) is 6.39. The summed E-state index contributed by atoms with van der Waals surface area (Å²) in [6, 6.07) is 5.25. The summed E-state index contributed by atoms with van der Waals surface area (Å²) in [6.07, 6.45) is -10.4. The third-order valence-electron chi connectivity index (χ3n) is 8.24. The van der Waals surface area contributed by atoms with Crippen molar-refractivity contribution in [3.63, 3.8) is 0 Å². The zero-order valence-electron chi connectivity index (χ0n) is 26.9. The molecule has 2 aromatic heterocycles.